The van der Waals surface area contributed by atoms with Gasteiger partial charge in [0.15, 0.2) is 5.11 Å². The van der Waals surface area contributed by atoms with Crippen molar-refractivity contribution in [1.82, 2.24) is 15.6 Å². The van der Waals surface area contributed by atoms with Gasteiger partial charge in [0, 0.05) is 10.6 Å². The number of thiocarbonyl (C=S) groups is 1. The zero-order chi connectivity index (χ0) is 15.9. The van der Waals surface area contributed by atoms with Crippen LogP contribution in [0.2, 0.25) is 0 Å². The van der Waals surface area contributed by atoms with Gasteiger partial charge >= 0.3 is 5.97 Å². The van der Waals surface area contributed by atoms with Crippen molar-refractivity contribution in [3.8, 4) is 0 Å². The van der Waals surface area contributed by atoms with Gasteiger partial charge in [-0.25, -0.2) is 9.78 Å². The monoisotopic (exact) mass is 353 g/mol. The van der Waals surface area contributed by atoms with Gasteiger partial charge in [-0.15, -0.1) is 22.7 Å². The average molecular weight is 353 g/mol. The summed E-state index contributed by atoms with van der Waals surface area (Å²) in [6, 6.07) is 0. The molecule has 1 aliphatic heterocycles. The molecule has 3 heterocycles. The van der Waals surface area contributed by atoms with Crippen LogP contribution in [-0.4, -0.2) is 22.6 Å². The van der Waals surface area contributed by atoms with Gasteiger partial charge in [0.25, 0.3) is 0 Å². The number of thiazole rings is 1. The lowest BCUT2D eigenvalue weighted by Crippen LogP contribution is -2.42. The zero-order valence-corrected chi connectivity index (χ0v) is 14.9. The number of allylic oxidation sites excluding steroid dienone is 1. The van der Waals surface area contributed by atoms with Crippen molar-refractivity contribution in [1.29, 1.82) is 0 Å². The number of esters is 1. The average Bonchev–Trinajstić information content (AvgIpc) is 2.94. The molecule has 2 aromatic heterocycles. The fourth-order valence-corrected chi connectivity index (χ4v) is 4.85. The highest BCUT2D eigenvalue weighted by molar-refractivity contribution is 7.80. The molecular formula is C14H15N3O2S3. The van der Waals surface area contributed by atoms with Crippen molar-refractivity contribution in [3.63, 3.8) is 0 Å². The molecule has 3 rings (SSSR count). The van der Waals surface area contributed by atoms with Crippen molar-refractivity contribution in [2.24, 2.45) is 0 Å². The maximum absolute atomic E-state index is 12.2. The van der Waals surface area contributed by atoms with E-state index in [1.54, 1.807) is 22.7 Å². The second-order valence-corrected chi connectivity index (χ2v) is 7.98. The molecule has 1 aliphatic rings. The molecule has 0 saturated carbocycles. The highest BCUT2D eigenvalue weighted by Gasteiger charge is 2.21. The number of aromatic nitrogens is 1. The van der Waals surface area contributed by atoms with Crippen LogP contribution in [0.1, 0.15) is 22.4 Å². The first-order chi connectivity index (χ1) is 10.5. The topological polar surface area (TPSA) is 63.2 Å². The van der Waals surface area contributed by atoms with Gasteiger partial charge in [-0.05, 0) is 38.6 Å². The van der Waals surface area contributed by atoms with Crippen molar-refractivity contribution in [3.05, 3.63) is 26.7 Å². The molecule has 5 nitrogen and oxygen atoms in total. The maximum Gasteiger partial charge on any atom is 0.337 e. The number of fused-ring (bicyclic) bond motifs is 1. The van der Waals surface area contributed by atoms with Crippen LogP contribution in [-0.2, 0) is 16.1 Å². The van der Waals surface area contributed by atoms with Crippen LogP contribution in [0.5, 0.6) is 0 Å². The third-order valence-corrected chi connectivity index (χ3v) is 6.01. The third-order valence-electron chi connectivity index (χ3n) is 3.45. The molecule has 0 atom stereocenters. The molecule has 116 valence electrons. The Bertz CT molecular complexity index is 804. The Morgan fingerprint density at radius 1 is 1.36 bits per heavy atom. The van der Waals surface area contributed by atoms with Crippen LogP contribution in [0.3, 0.4) is 0 Å². The summed E-state index contributed by atoms with van der Waals surface area (Å²) in [6.07, 6.45) is 0. The molecule has 0 fully saturated rings. The van der Waals surface area contributed by atoms with Crippen LogP contribution < -0.4 is 10.6 Å². The Morgan fingerprint density at radius 3 is 2.82 bits per heavy atom. The van der Waals surface area contributed by atoms with Gasteiger partial charge in [-0.1, -0.05) is 0 Å². The normalized spacial score (nSPS) is 15.0. The molecule has 22 heavy (non-hydrogen) atoms. The summed E-state index contributed by atoms with van der Waals surface area (Å²) in [5, 5.41) is 7.46. The Kier molecular flexibility index (Phi) is 4.16. The molecule has 0 amide bonds. The number of carbonyl (C=O) groups is 1. The standard InChI is InChI=1S/C14H15N3O2S3/c1-6-10(22-13-11(6)17-8(3)21-13)5-19-12(18)9-4-15-14(20)16-7(9)2/h4-5H2,1-3H3,(H2,15,16,20). The van der Waals surface area contributed by atoms with Crippen molar-refractivity contribution in [2.75, 3.05) is 6.54 Å². The lowest BCUT2D eigenvalue weighted by molar-refractivity contribution is -0.140. The van der Waals surface area contributed by atoms with Crippen LogP contribution in [0.4, 0.5) is 0 Å². The summed E-state index contributed by atoms with van der Waals surface area (Å²) < 4.78 is 6.63. The first kappa shape index (κ1) is 15.4. The molecule has 0 unspecified atom stereocenters. The summed E-state index contributed by atoms with van der Waals surface area (Å²) >= 11 is 8.32. The maximum atomic E-state index is 12.2. The molecule has 0 saturated heterocycles. The van der Waals surface area contributed by atoms with Gasteiger partial charge in [0.05, 0.1) is 22.6 Å². The van der Waals surface area contributed by atoms with E-state index in [4.69, 9.17) is 17.0 Å². The molecule has 2 N–H and O–H groups in total. The summed E-state index contributed by atoms with van der Waals surface area (Å²) in [5.74, 6) is -0.319. The first-order valence-corrected chi connectivity index (χ1v) is 8.77. The fraction of sp³-hybridized carbons (Fsp3) is 0.357. The lowest BCUT2D eigenvalue weighted by Gasteiger charge is -2.20. The molecule has 0 bridgehead atoms. The number of hydrogen-bond donors (Lipinski definition) is 2. The number of hydrogen-bond acceptors (Lipinski definition) is 6. The van der Waals surface area contributed by atoms with E-state index in [0.29, 0.717) is 17.2 Å². The van der Waals surface area contributed by atoms with E-state index < -0.39 is 0 Å². The quantitative estimate of drug-likeness (QED) is 0.653. The van der Waals surface area contributed by atoms with E-state index >= 15 is 0 Å². The number of aryl methyl sites for hydroxylation is 2. The highest BCUT2D eigenvalue weighted by atomic mass is 32.2. The Morgan fingerprint density at radius 2 is 2.14 bits per heavy atom. The van der Waals surface area contributed by atoms with Gasteiger partial charge in [-0.3, -0.25) is 0 Å². The van der Waals surface area contributed by atoms with Gasteiger partial charge in [0.2, 0.25) is 0 Å². The van der Waals surface area contributed by atoms with Crippen LogP contribution in [0.15, 0.2) is 11.3 Å². The number of thiophene rings is 1. The van der Waals surface area contributed by atoms with E-state index in [1.807, 2.05) is 20.8 Å². The molecular weight excluding hydrogens is 338 g/mol. The van der Waals surface area contributed by atoms with Gasteiger partial charge in [0.1, 0.15) is 10.6 Å². The first-order valence-electron chi connectivity index (χ1n) is 6.73. The number of nitrogens with one attached hydrogen (secondary N) is 2. The zero-order valence-electron chi connectivity index (χ0n) is 12.4. The number of ether oxygens (including phenoxy) is 1. The predicted octanol–water partition coefficient (Wildman–Crippen LogP) is 2.77. The molecule has 0 aliphatic carbocycles. The Hall–Kier alpha value is -1.51. The minimum atomic E-state index is -0.319. The second-order valence-electron chi connectivity index (χ2n) is 5.01. The third kappa shape index (κ3) is 2.86. The van der Waals surface area contributed by atoms with Crippen LogP contribution >= 0.6 is 34.9 Å². The second kappa shape index (κ2) is 5.94. The molecule has 8 heteroatoms. The van der Waals surface area contributed by atoms with Gasteiger partial charge in [-0.2, -0.15) is 0 Å². The Labute approximate surface area is 141 Å². The summed E-state index contributed by atoms with van der Waals surface area (Å²) in [4.78, 5) is 17.8. The van der Waals surface area contributed by atoms with Crippen molar-refractivity contribution in [2.45, 2.75) is 27.4 Å². The Balaban J connectivity index is 1.72. The molecule has 0 aromatic carbocycles. The SMILES string of the molecule is CC1=C(C(=O)OCc2sc3sc(C)nc3c2C)CNC(=S)N1. The highest BCUT2D eigenvalue weighted by Crippen LogP contribution is 2.35. The van der Waals surface area contributed by atoms with E-state index in [-0.39, 0.29) is 12.6 Å². The lowest BCUT2D eigenvalue weighted by atomic mass is 10.2. The van der Waals surface area contributed by atoms with E-state index in [9.17, 15) is 4.79 Å². The van der Waals surface area contributed by atoms with Crippen molar-refractivity contribution < 1.29 is 9.53 Å². The van der Waals surface area contributed by atoms with Gasteiger partial charge < -0.3 is 15.4 Å². The summed E-state index contributed by atoms with van der Waals surface area (Å²) in [5.41, 5.74) is 3.46. The van der Waals surface area contributed by atoms with E-state index in [0.717, 1.165) is 26.7 Å². The van der Waals surface area contributed by atoms with Crippen LogP contribution in [0, 0.1) is 13.8 Å². The summed E-state index contributed by atoms with van der Waals surface area (Å²) in [7, 11) is 0. The fourth-order valence-electron chi connectivity index (χ4n) is 2.21. The van der Waals surface area contributed by atoms with Crippen molar-refractivity contribution >= 4 is 55.5 Å². The smallest absolute Gasteiger partial charge is 0.337 e. The molecule has 0 spiro atoms. The largest absolute Gasteiger partial charge is 0.456 e. The minimum Gasteiger partial charge on any atom is -0.456 e. The minimum absolute atomic E-state index is 0.276. The number of rotatable bonds is 3. The molecule has 2 aromatic rings. The summed E-state index contributed by atoms with van der Waals surface area (Å²) in [6.45, 7) is 6.52. The number of nitrogens with zero attached hydrogens (tertiary/aromatic N) is 1. The molecule has 0 radical (unpaired) electrons. The van der Waals surface area contributed by atoms with Crippen LogP contribution in [0.25, 0.3) is 9.53 Å². The van der Waals surface area contributed by atoms with E-state index in [2.05, 4.69) is 15.6 Å². The van der Waals surface area contributed by atoms with E-state index in [1.165, 1.54) is 4.01 Å². The predicted molar refractivity (Wildman–Crippen MR) is 93.2 cm³/mol. The number of carbonyl (C=O) groups excluding carboxylic acids is 1.